The van der Waals surface area contributed by atoms with Crippen molar-refractivity contribution in [2.24, 2.45) is 0 Å². The number of Topliss-reactive ketones (excluding diaryl/α,β-unsaturated/α-hetero) is 1. The molecular weight excluding hydrogens is 494 g/mol. The van der Waals surface area contributed by atoms with Gasteiger partial charge in [0.2, 0.25) is 5.78 Å². The minimum absolute atomic E-state index is 0.0364. The first-order valence-electron chi connectivity index (χ1n) is 12.8. The Balaban J connectivity index is 1.54. The molecule has 0 spiro atoms. The molecule has 1 aliphatic rings. The average molecular weight is 524 g/mol. The molecule has 39 heavy (non-hydrogen) atoms. The van der Waals surface area contributed by atoms with Crippen LogP contribution in [0.1, 0.15) is 46.0 Å². The highest BCUT2D eigenvalue weighted by molar-refractivity contribution is 6.15. The molecule has 0 saturated heterocycles. The second kappa shape index (κ2) is 11.3. The molecule has 5 rings (SSSR count). The third kappa shape index (κ3) is 5.43. The van der Waals surface area contributed by atoms with Gasteiger partial charge in [-0.05, 0) is 54.8 Å². The van der Waals surface area contributed by atoms with Gasteiger partial charge in [-0.1, -0.05) is 66.7 Å². The molecule has 2 heterocycles. The van der Waals surface area contributed by atoms with Gasteiger partial charge in [-0.3, -0.25) is 9.59 Å². The largest absolute Gasteiger partial charge is 0.503 e. The van der Waals surface area contributed by atoms with Gasteiger partial charge in [0.25, 0.3) is 5.91 Å². The van der Waals surface area contributed by atoms with Crippen LogP contribution >= 0.6 is 0 Å². The number of amides is 1. The standard InChI is InChI=1S/C32H29NO6/c1-3-37-27-18-24(15-17-25(27)38-20-23-12-8-5-9-13-23)29-28(30(34)26-16-14-21(2)39-26)31(35)32(36)33(29)19-22-10-6-4-7-11-22/h4-18,29,35H,3,19-20H2,1-2H3. The Hall–Kier alpha value is -4.78. The lowest BCUT2D eigenvalue weighted by Gasteiger charge is -2.27. The molecule has 1 unspecified atom stereocenters. The van der Waals surface area contributed by atoms with Gasteiger partial charge in [-0.25, -0.2) is 0 Å². The Bertz CT molecular complexity index is 1510. The van der Waals surface area contributed by atoms with Crippen molar-refractivity contribution in [2.45, 2.75) is 33.0 Å². The van der Waals surface area contributed by atoms with E-state index in [2.05, 4.69) is 0 Å². The highest BCUT2D eigenvalue weighted by atomic mass is 16.5. The summed E-state index contributed by atoms with van der Waals surface area (Å²) in [6.45, 7) is 4.53. The van der Waals surface area contributed by atoms with Crippen LogP contribution in [-0.4, -0.2) is 28.3 Å². The summed E-state index contributed by atoms with van der Waals surface area (Å²) >= 11 is 0. The van der Waals surface area contributed by atoms with Gasteiger partial charge in [0, 0.05) is 6.54 Å². The molecule has 1 atom stereocenters. The van der Waals surface area contributed by atoms with E-state index in [0.29, 0.717) is 36.0 Å². The smallest absolute Gasteiger partial charge is 0.290 e. The van der Waals surface area contributed by atoms with E-state index in [4.69, 9.17) is 13.9 Å². The number of aliphatic hydroxyl groups is 1. The van der Waals surface area contributed by atoms with E-state index in [1.54, 1.807) is 37.3 Å². The predicted octanol–water partition coefficient (Wildman–Crippen LogP) is 6.34. The van der Waals surface area contributed by atoms with E-state index in [1.165, 1.54) is 4.90 Å². The SMILES string of the molecule is CCOc1cc(C2C(C(=O)c3ccc(C)o3)=C(O)C(=O)N2Cc2ccccc2)ccc1OCc1ccccc1. The summed E-state index contributed by atoms with van der Waals surface area (Å²) in [5, 5.41) is 11.0. The maximum atomic E-state index is 13.6. The van der Waals surface area contributed by atoms with Crippen LogP contribution in [0.3, 0.4) is 0 Å². The third-order valence-electron chi connectivity index (χ3n) is 6.53. The second-order valence-electron chi connectivity index (χ2n) is 9.24. The number of aliphatic hydroxyl groups excluding tert-OH is 1. The van der Waals surface area contributed by atoms with E-state index in [0.717, 1.165) is 11.1 Å². The van der Waals surface area contributed by atoms with Gasteiger partial charge < -0.3 is 23.9 Å². The Morgan fingerprint density at radius 2 is 1.59 bits per heavy atom. The number of ether oxygens (including phenoxy) is 2. The van der Waals surface area contributed by atoms with Crippen LogP contribution in [0.25, 0.3) is 0 Å². The fourth-order valence-corrected chi connectivity index (χ4v) is 4.68. The molecule has 1 N–H and O–H groups in total. The summed E-state index contributed by atoms with van der Waals surface area (Å²) in [6, 6.07) is 26.9. The second-order valence-corrected chi connectivity index (χ2v) is 9.24. The summed E-state index contributed by atoms with van der Waals surface area (Å²) in [4.78, 5) is 28.4. The lowest BCUT2D eigenvalue weighted by Crippen LogP contribution is -2.30. The number of furan rings is 1. The first-order chi connectivity index (χ1) is 19.0. The van der Waals surface area contributed by atoms with Crippen molar-refractivity contribution < 1.29 is 28.6 Å². The van der Waals surface area contributed by atoms with E-state index in [-0.39, 0.29) is 17.9 Å². The minimum Gasteiger partial charge on any atom is -0.503 e. The maximum Gasteiger partial charge on any atom is 0.290 e. The first-order valence-corrected chi connectivity index (χ1v) is 12.8. The maximum absolute atomic E-state index is 13.6. The zero-order chi connectivity index (χ0) is 27.4. The lowest BCUT2D eigenvalue weighted by molar-refractivity contribution is -0.130. The molecular formula is C32H29NO6. The molecule has 0 bridgehead atoms. The van der Waals surface area contributed by atoms with Crippen LogP contribution in [0.5, 0.6) is 11.5 Å². The number of ketones is 1. The zero-order valence-electron chi connectivity index (χ0n) is 21.8. The monoisotopic (exact) mass is 523 g/mol. The van der Waals surface area contributed by atoms with Crippen molar-refractivity contribution >= 4 is 11.7 Å². The van der Waals surface area contributed by atoms with Crippen LogP contribution in [-0.2, 0) is 17.9 Å². The summed E-state index contributed by atoms with van der Waals surface area (Å²) in [6.07, 6.45) is 0. The molecule has 3 aromatic carbocycles. The number of nitrogens with zero attached hydrogens (tertiary/aromatic N) is 1. The molecule has 4 aromatic rings. The minimum atomic E-state index is -0.863. The Labute approximate surface area is 226 Å². The number of aryl methyl sites for hydroxylation is 1. The Morgan fingerprint density at radius 3 is 2.23 bits per heavy atom. The van der Waals surface area contributed by atoms with Gasteiger partial charge in [0.05, 0.1) is 18.2 Å². The summed E-state index contributed by atoms with van der Waals surface area (Å²) in [7, 11) is 0. The quantitative estimate of drug-likeness (QED) is 0.244. The number of rotatable bonds is 10. The number of benzene rings is 3. The zero-order valence-corrected chi connectivity index (χ0v) is 21.8. The van der Waals surface area contributed by atoms with Crippen LogP contribution in [0.15, 0.2) is 107 Å². The van der Waals surface area contributed by atoms with Crippen molar-refractivity contribution in [2.75, 3.05) is 6.61 Å². The molecule has 198 valence electrons. The van der Waals surface area contributed by atoms with Gasteiger partial charge in [0.1, 0.15) is 12.4 Å². The van der Waals surface area contributed by atoms with Crippen molar-refractivity contribution in [3.8, 4) is 11.5 Å². The fourth-order valence-electron chi connectivity index (χ4n) is 4.68. The first kappa shape index (κ1) is 25.9. The molecule has 0 radical (unpaired) electrons. The summed E-state index contributed by atoms with van der Waals surface area (Å²) in [5.41, 5.74) is 2.43. The molecule has 7 nitrogen and oxygen atoms in total. The van der Waals surface area contributed by atoms with Crippen LogP contribution < -0.4 is 9.47 Å². The average Bonchev–Trinajstić information content (AvgIpc) is 3.50. The summed E-state index contributed by atoms with van der Waals surface area (Å²) < 4.78 is 17.5. The predicted molar refractivity (Wildman–Crippen MR) is 146 cm³/mol. The number of carbonyl (C=O) groups is 2. The van der Waals surface area contributed by atoms with Crippen molar-refractivity contribution in [1.29, 1.82) is 0 Å². The van der Waals surface area contributed by atoms with Crippen molar-refractivity contribution in [3.63, 3.8) is 0 Å². The molecule has 1 aliphatic heterocycles. The van der Waals surface area contributed by atoms with E-state index in [1.807, 2.05) is 67.6 Å². The number of hydrogen-bond donors (Lipinski definition) is 1. The Kier molecular flexibility index (Phi) is 7.50. The molecule has 0 saturated carbocycles. The number of hydrogen-bond acceptors (Lipinski definition) is 6. The molecule has 0 aliphatic carbocycles. The fraction of sp³-hybridized carbons (Fsp3) is 0.188. The van der Waals surface area contributed by atoms with Crippen LogP contribution in [0.4, 0.5) is 0 Å². The van der Waals surface area contributed by atoms with E-state index >= 15 is 0 Å². The van der Waals surface area contributed by atoms with Gasteiger partial charge in [-0.2, -0.15) is 0 Å². The van der Waals surface area contributed by atoms with Gasteiger partial charge in [0.15, 0.2) is 23.0 Å². The molecule has 0 fully saturated rings. The molecule has 1 amide bonds. The van der Waals surface area contributed by atoms with Gasteiger partial charge in [-0.15, -0.1) is 0 Å². The van der Waals surface area contributed by atoms with Crippen molar-refractivity contribution in [1.82, 2.24) is 4.90 Å². The molecule has 1 aromatic heterocycles. The number of carbonyl (C=O) groups excluding carboxylic acids is 2. The topological polar surface area (TPSA) is 89.2 Å². The Morgan fingerprint density at radius 1 is 0.897 bits per heavy atom. The molecule has 7 heteroatoms. The lowest BCUT2D eigenvalue weighted by atomic mass is 9.94. The van der Waals surface area contributed by atoms with Crippen LogP contribution in [0, 0.1) is 6.92 Å². The van der Waals surface area contributed by atoms with E-state index < -0.39 is 23.5 Å². The third-order valence-corrected chi connectivity index (χ3v) is 6.53. The van der Waals surface area contributed by atoms with E-state index in [9.17, 15) is 14.7 Å². The summed E-state index contributed by atoms with van der Waals surface area (Å²) in [5.74, 6) is -0.136. The highest BCUT2D eigenvalue weighted by Crippen LogP contribution is 2.42. The van der Waals surface area contributed by atoms with Gasteiger partial charge >= 0.3 is 0 Å². The van der Waals surface area contributed by atoms with Crippen LogP contribution in [0.2, 0.25) is 0 Å². The van der Waals surface area contributed by atoms with Crippen molar-refractivity contribution in [3.05, 3.63) is 131 Å². The highest BCUT2D eigenvalue weighted by Gasteiger charge is 2.44. The normalized spacial score (nSPS) is 15.1.